The molecule has 80 valence electrons. The maximum atomic E-state index is 11.0. The van der Waals surface area contributed by atoms with Crippen molar-refractivity contribution in [2.45, 2.75) is 6.92 Å². The molecular formula is C10H11NO4. The first-order valence-electron chi connectivity index (χ1n) is 4.24. The molecule has 0 saturated carbocycles. The van der Waals surface area contributed by atoms with Crippen LogP contribution >= 0.6 is 0 Å². The summed E-state index contributed by atoms with van der Waals surface area (Å²) in [7, 11) is 1.22. The molecule has 0 aliphatic carbocycles. The van der Waals surface area contributed by atoms with Gasteiger partial charge in [-0.3, -0.25) is 5.32 Å². The van der Waals surface area contributed by atoms with E-state index in [4.69, 9.17) is 5.11 Å². The Hall–Kier alpha value is -2.04. The van der Waals surface area contributed by atoms with E-state index in [9.17, 15) is 9.59 Å². The van der Waals surface area contributed by atoms with Crippen molar-refractivity contribution in [2.24, 2.45) is 0 Å². The van der Waals surface area contributed by atoms with Crippen molar-refractivity contribution >= 4 is 17.7 Å². The molecule has 5 nitrogen and oxygen atoms in total. The normalized spacial score (nSPS) is 9.47. The number of benzene rings is 1. The number of methoxy groups -OCH3 is 1. The third-order valence-electron chi connectivity index (χ3n) is 1.92. The summed E-state index contributed by atoms with van der Waals surface area (Å²) < 4.78 is 4.40. The Morgan fingerprint density at radius 2 is 2.07 bits per heavy atom. The number of rotatable bonds is 2. The van der Waals surface area contributed by atoms with E-state index in [1.165, 1.54) is 13.2 Å². The summed E-state index contributed by atoms with van der Waals surface area (Å²) in [5.41, 5.74) is 0.970. The van der Waals surface area contributed by atoms with Crippen molar-refractivity contribution in [1.29, 1.82) is 0 Å². The van der Waals surface area contributed by atoms with Crippen LogP contribution in [-0.2, 0) is 4.74 Å². The summed E-state index contributed by atoms with van der Waals surface area (Å²) in [6, 6.07) is 4.74. The summed E-state index contributed by atoms with van der Waals surface area (Å²) >= 11 is 0. The minimum Gasteiger partial charge on any atom is -0.478 e. The van der Waals surface area contributed by atoms with Crippen LogP contribution in [0.15, 0.2) is 18.2 Å². The molecule has 15 heavy (non-hydrogen) atoms. The summed E-state index contributed by atoms with van der Waals surface area (Å²) in [5, 5.41) is 11.3. The van der Waals surface area contributed by atoms with E-state index in [1.807, 2.05) is 0 Å². The van der Waals surface area contributed by atoms with E-state index in [2.05, 4.69) is 10.1 Å². The molecule has 0 saturated heterocycles. The molecule has 0 aromatic heterocycles. The smallest absolute Gasteiger partial charge is 0.411 e. The molecule has 0 aliphatic rings. The molecule has 0 bridgehead atoms. The van der Waals surface area contributed by atoms with Crippen LogP contribution in [0.25, 0.3) is 0 Å². The summed E-state index contributed by atoms with van der Waals surface area (Å²) in [6.07, 6.45) is -0.688. The zero-order valence-corrected chi connectivity index (χ0v) is 8.40. The van der Waals surface area contributed by atoms with Gasteiger partial charge in [0.15, 0.2) is 0 Å². The number of ether oxygens (including phenoxy) is 1. The van der Waals surface area contributed by atoms with E-state index >= 15 is 0 Å². The fraction of sp³-hybridized carbons (Fsp3) is 0.200. The molecule has 1 amide bonds. The molecule has 0 radical (unpaired) electrons. The number of amides is 1. The van der Waals surface area contributed by atoms with Crippen molar-refractivity contribution in [3.8, 4) is 0 Å². The lowest BCUT2D eigenvalue weighted by Crippen LogP contribution is -2.15. The highest BCUT2D eigenvalue weighted by Crippen LogP contribution is 2.20. The molecule has 2 N–H and O–H groups in total. The number of carbonyl (C=O) groups excluding carboxylic acids is 1. The summed E-state index contributed by atoms with van der Waals surface area (Å²) in [4.78, 5) is 21.8. The Balaban J connectivity index is 3.13. The molecule has 0 heterocycles. The second-order valence-electron chi connectivity index (χ2n) is 2.92. The highest BCUT2D eigenvalue weighted by molar-refractivity contribution is 5.99. The van der Waals surface area contributed by atoms with Crippen LogP contribution < -0.4 is 5.32 Å². The third-order valence-corrected chi connectivity index (χ3v) is 1.92. The van der Waals surface area contributed by atoms with Gasteiger partial charge in [0.1, 0.15) is 0 Å². The summed E-state index contributed by atoms with van der Waals surface area (Å²) in [6.45, 7) is 1.71. The van der Waals surface area contributed by atoms with Crippen LogP contribution in [0.5, 0.6) is 0 Å². The minimum atomic E-state index is -1.09. The highest BCUT2D eigenvalue weighted by Gasteiger charge is 2.14. The second-order valence-corrected chi connectivity index (χ2v) is 2.92. The van der Waals surface area contributed by atoms with Gasteiger partial charge in [0.25, 0.3) is 0 Å². The van der Waals surface area contributed by atoms with Gasteiger partial charge in [0.05, 0.1) is 18.4 Å². The van der Waals surface area contributed by atoms with Gasteiger partial charge in [-0.1, -0.05) is 12.1 Å². The molecule has 0 atom stereocenters. The van der Waals surface area contributed by atoms with Gasteiger partial charge in [0, 0.05) is 0 Å². The minimum absolute atomic E-state index is 0.0420. The van der Waals surface area contributed by atoms with Crippen LogP contribution in [0, 0.1) is 6.92 Å². The van der Waals surface area contributed by atoms with Crippen LogP contribution in [0.1, 0.15) is 15.9 Å². The monoisotopic (exact) mass is 209 g/mol. The molecule has 0 spiro atoms. The van der Waals surface area contributed by atoms with Gasteiger partial charge in [-0.2, -0.15) is 0 Å². The number of hydrogen-bond acceptors (Lipinski definition) is 3. The van der Waals surface area contributed by atoms with Crippen LogP contribution in [0.2, 0.25) is 0 Å². The number of para-hydroxylation sites is 1. The average Bonchev–Trinajstić information content (AvgIpc) is 2.20. The van der Waals surface area contributed by atoms with Crippen molar-refractivity contribution in [3.63, 3.8) is 0 Å². The van der Waals surface area contributed by atoms with Crippen molar-refractivity contribution < 1.29 is 19.4 Å². The number of carboxylic acid groups (broad SMARTS) is 1. The van der Waals surface area contributed by atoms with Gasteiger partial charge in [-0.15, -0.1) is 0 Å². The largest absolute Gasteiger partial charge is 0.478 e. The number of carboxylic acids is 1. The quantitative estimate of drug-likeness (QED) is 0.779. The molecule has 1 rings (SSSR count). The maximum Gasteiger partial charge on any atom is 0.411 e. The molecule has 1 aromatic carbocycles. The predicted molar refractivity (Wildman–Crippen MR) is 54.2 cm³/mol. The topological polar surface area (TPSA) is 75.6 Å². The van der Waals surface area contributed by atoms with Crippen LogP contribution in [0.4, 0.5) is 10.5 Å². The first-order valence-corrected chi connectivity index (χ1v) is 4.24. The molecule has 0 aliphatic heterocycles. The zero-order valence-electron chi connectivity index (χ0n) is 8.40. The van der Waals surface area contributed by atoms with Crippen LogP contribution in [0.3, 0.4) is 0 Å². The second kappa shape index (κ2) is 4.45. The number of carbonyl (C=O) groups is 2. The number of nitrogens with one attached hydrogen (secondary N) is 1. The van der Waals surface area contributed by atoms with Gasteiger partial charge >= 0.3 is 12.1 Å². The number of hydrogen-bond donors (Lipinski definition) is 2. The lowest BCUT2D eigenvalue weighted by atomic mass is 10.1. The Labute approximate surface area is 86.7 Å². The van der Waals surface area contributed by atoms with E-state index in [-0.39, 0.29) is 11.3 Å². The first kappa shape index (κ1) is 11.0. The van der Waals surface area contributed by atoms with Crippen molar-refractivity contribution in [3.05, 3.63) is 29.3 Å². The fourth-order valence-electron chi connectivity index (χ4n) is 1.16. The van der Waals surface area contributed by atoms with E-state index in [0.717, 1.165) is 0 Å². The highest BCUT2D eigenvalue weighted by atomic mass is 16.5. The predicted octanol–water partition coefficient (Wildman–Crippen LogP) is 1.87. The fourth-order valence-corrected chi connectivity index (χ4v) is 1.16. The SMILES string of the molecule is COC(=O)Nc1c(C)cccc1C(=O)O. The Morgan fingerprint density at radius 3 is 2.60 bits per heavy atom. The van der Waals surface area contributed by atoms with Gasteiger partial charge in [0.2, 0.25) is 0 Å². The molecule has 1 aromatic rings. The van der Waals surface area contributed by atoms with Crippen LogP contribution in [-0.4, -0.2) is 24.3 Å². The Kier molecular flexibility index (Phi) is 3.28. The number of aryl methyl sites for hydroxylation is 1. The van der Waals surface area contributed by atoms with Crippen molar-refractivity contribution in [1.82, 2.24) is 0 Å². The third kappa shape index (κ3) is 2.46. The van der Waals surface area contributed by atoms with Gasteiger partial charge in [-0.05, 0) is 18.6 Å². The lowest BCUT2D eigenvalue weighted by Gasteiger charge is -2.09. The van der Waals surface area contributed by atoms with E-state index in [0.29, 0.717) is 5.56 Å². The Bertz CT molecular complexity index is 400. The van der Waals surface area contributed by atoms with Crippen molar-refractivity contribution in [2.75, 3.05) is 12.4 Å². The van der Waals surface area contributed by atoms with E-state index in [1.54, 1.807) is 19.1 Å². The van der Waals surface area contributed by atoms with Gasteiger partial charge < -0.3 is 9.84 Å². The molecular weight excluding hydrogens is 198 g/mol. The number of anilines is 1. The maximum absolute atomic E-state index is 11.0. The number of aromatic carboxylic acids is 1. The summed E-state index contributed by atoms with van der Waals surface area (Å²) in [5.74, 6) is -1.09. The Morgan fingerprint density at radius 1 is 1.40 bits per heavy atom. The molecule has 0 unspecified atom stereocenters. The van der Waals surface area contributed by atoms with Gasteiger partial charge in [-0.25, -0.2) is 9.59 Å². The molecule has 0 fully saturated rings. The zero-order chi connectivity index (χ0) is 11.4. The molecule has 5 heteroatoms. The average molecular weight is 209 g/mol. The van der Waals surface area contributed by atoms with E-state index < -0.39 is 12.1 Å². The first-order chi connectivity index (χ1) is 7.06. The lowest BCUT2D eigenvalue weighted by molar-refractivity contribution is 0.0698. The standard InChI is InChI=1S/C10H11NO4/c1-6-4-3-5-7(9(12)13)8(6)11-10(14)15-2/h3-5H,1-2H3,(H,11,14)(H,12,13).